The molecule has 1 aromatic heterocycles. The summed E-state index contributed by atoms with van der Waals surface area (Å²) in [5.41, 5.74) is 1.89. The molecular weight excluding hydrogens is 303 g/mol. The van der Waals surface area contributed by atoms with Crippen molar-refractivity contribution in [3.63, 3.8) is 0 Å². The van der Waals surface area contributed by atoms with E-state index in [9.17, 15) is 0 Å². The van der Waals surface area contributed by atoms with Crippen molar-refractivity contribution in [2.24, 2.45) is 11.8 Å². The Morgan fingerprint density at radius 2 is 2.00 bits per heavy atom. The van der Waals surface area contributed by atoms with Crippen LogP contribution in [-0.2, 0) is 12.4 Å². The van der Waals surface area contributed by atoms with Crippen LogP contribution in [0, 0.1) is 11.8 Å². The van der Waals surface area contributed by atoms with Gasteiger partial charge >= 0.3 is 0 Å². The summed E-state index contributed by atoms with van der Waals surface area (Å²) in [4.78, 5) is 4.55. The third-order valence-electron chi connectivity index (χ3n) is 3.89. The molecule has 1 aliphatic carbocycles. The molecule has 0 radical (unpaired) electrons. The highest BCUT2D eigenvalue weighted by molar-refractivity contribution is 6.42. The van der Waals surface area contributed by atoms with Gasteiger partial charge in [-0.2, -0.15) is 0 Å². The molecule has 19 heavy (non-hydrogen) atoms. The lowest BCUT2D eigenvalue weighted by atomic mass is 10.1. The van der Waals surface area contributed by atoms with Crippen molar-refractivity contribution in [3.05, 3.63) is 28.0 Å². The van der Waals surface area contributed by atoms with Crippen LogP contribution >= 0.6 is 34.8 Å². The van der Waals surface area contributed by atoms with E-state index in [1.807, 2.05) is 12.1 Å². The summed E-state index contributed by atoms with van der Waals surface area (Å²) < 4.78 is 2.19. The summed E-state index contributed by atoms with van der Waals surface area (Å²) in [5, 5.41) is 1.10. The predicted molar refractivity (Wildman–Crippen MR) is 81.2 cm³/mol. The number of hydrogen-bond acceptors (Lipinski definition) is 1. The van der Waals surface area contributed by atoms with Crippen molar-refractivity contribution in [2.45, 2.75) is 32.2 Å². The van der Waals surface area contributed by atoms with Gasteiger partial charge in [0.25, 0.3) is 0 Å². The van der Waals surface area contributed by atoms with E-state index in [0.717, 1.165) is 29.3 Å². The Kier molecular flexibility index (Phi) is 3.67. The van der Waals surface area contributed by atoms with E-state index in [0.29, 0.717) is 21.8 Å². The van der Waals surface area contributed by atoms with Gasteiger partial charge in [0.15, 0.2) is 0 Å². The van der Waals surface area contributed by atoms with Crippen LogP contribution in [0.25, 0.3) is 11.0 Å². The lowest BCUT2D eigenvalue weighted by Crippen LogP contribution is -2.11. The fourth-order valence-corrected chi connectivity index (χ4v) is 3.10. The molecule has 1 fully saturated rings. The highest BCUT2D eigenvalue weighted by atomic mass is 35.5. The van der Waals surface area contributed by atoms with Crippen LogP contribution < -0.4 is 0 Å². The zero-order valence-electron chi connectivity index (χ0n) is 10.7. The van der Waals surface area contributed by atoms with E-state index < -0.39 is 0 Å². The molecule has 0 bridgehead atoms. The fraction of sp³-hybridized carbons (Fsp3) is 0.500. The number of rotatable bonds is 4. The predicted octanol–water partition coefficient (Wildman–Crippen LogP) is 5.13. The monoisotopic (exact) mass is 316 g/mol. The van der Waals surface area contributed by atoms with Crippen molar-refractivity contribution in [3.8, 4) is 0 Å². The van der Waals surface area contributed by atoms with Crippen molar-refractivity contribution >= 4 is 45.8 Å². The van der Waals surface area contributed by atoms with Crippen molar-refractivity contribution in [1.82, 2.24) is 9.55 Å². The van der Waals surface area contributed by atoms with Crippen molar-refractivity contribution in [2.75, 3.05) is 0 Å². The summed E-state index contributed by atoms with van der Waals surface area (Å²) in [6.07, 6.45) is 2.69. The van der Waals surface area contributed by atoms with E-state index in [1.165, 1.54) is 12.8 Å². The lowest BCUT2D eigenvalue weighted by Gasteiger charge is -2.14. The molecule has 1 saturated carbocycles. The van der Waals surface area contributed by atoms with E-state index in [2.05, 4.69) is 16.5 Å². The maximum atomic E-state index is 6.12. The molecular formula is C14H15Cl3N2. The van der Waals surface area contributed by atoms with Gasteiger partial charge in [0.1, 0.15) is 5.82 Å². The van der Waals surface area contributed by atoms with E-state index in [1.54, 1.807) is 0 Å². The van der Waals surface area contributed by atoms with Crippen molar-refractivity contribution in [1.29, 1.82) is 0 Å². The summed E-state index contributed by atoms with van der Waals surface area (Å²) in [6, 6.07) is 3.70. The first-order chi connectivity index (χ1) is 9.10. The van der Waals surface area contributed by atoms with Gasteiger partial charge in [-0.3, -0.25) is 0 Å². The molecule has 0 spiro atoms. The summed E-state index contributed by atoms with van der Waals surface area (Å²) in [7, 11) is 0. The van der Waals surface area contributed by atoms with Gasteiger partial charge in [-0.25, -0.2) is 4.98 Å². The number of benzene rings is 1. The van der Waals surface area contributed by atoms with Crippen molar-refractivity contribution < 1.29 is 0 Å². The maximum Gasteiger partial charge on any atom is 0.124 e. The molecule has 2 nitrogen and oxygen atoms in total. The maximum absolute atomic E-state index is 6.12. The second-order valence-electron chi connectivity index (χ2n) is 5.34. The minimum absolute atomic E-state index is 0.404. The zero-order valence-corrected chi connectivity index (χ0v) is 12.9. The Hall–Kier alpha value is -0.440. The van der Waals surface area contributed by atoms with Crippen LogP contribution in [0.2, 0.25) is 10.0 Å². The minimum atomic E-state index is 0.404. The molecule has 5 heteroatoms. The number of imidazole rings is 1. The molecule has 0 N–H and O–H groups in total. The lowest BCUT2D eigenvalue weighted by molar-refractivity contribution is 0.431. The second kappa shape index (κ2) is 5.16. The Morgan fingerprint density at radius 3 is 2.63 bits per heavy atom. The fourth-order valence-electron chi connectivity index (χ4n) is 2.58. The summed E-state index contributed by atoms with van der Waals surface area (Å²) in [6.45, 7) is 3.24. The first-order valence-corrected chi connectivity index (χ1v) is 7.79. The number of fused-ring (bicyclic) bond motifs is 1. The molecule has 0 aliphatic heterocycles. The number of aromatic nitrogens is 2. The van der Waals surface area contributed by atoms with E-state index >= 15 is 0 Å². The highest BCUT2D eigenvalue weighted by Gasteiger charge is 2.29. The number of hydrogen-bond donors (Lipinski definition) is 0. The smallest absolute Gasteiger partial charge is 0.124 e. The van der Waals surface area contributed by atoms with Gasteiger partial charge in [-0.1, -0.05) is 30.1 Å². The molecule has 1 heterocycles. The van der Waals surface area contributed by atoms with Crippen LogP contribution in [-0.4, -0.2) is 9.55 Å². The third-order valence-corrected chi connectivity index (χ3v) is 4.85. The van der Waals surface area contributed by atoms with E-state index in [4.69, 9.17) is 34.8 Å². The number of nitrogens with zero attached hydrogens (tertiary/aromatic N) is 2. The Labute approximate surface area is 127 Å². The molecule has 0 saturated heterocycles. The number of halogens is 3. The van der Waals surface area contributed by atoms with Gasteiger partial charge in [-0.15, -0.1) is 11.6 Å². The van der Waals surface area contributed by atoms with Crippen LogP contribution in [0.4, 0.5) is 0 Å². The van der Waals surface area contributed by atoms with Gasteiger partial charge in [-0.05, 0) is 36.8 Å². The second-order valence-corrected chi connectivity index (χ2v) is 6.42. The third kappa shape index (κ3) is 2.58. The zero-order chi connectivity index (χ0) is 13.6. The average Bonchev–Trinajstić information content (AvgIpc) is 3.17. The molecule has 0 amide bonds. The standard InChI is InChI=1S/C14H15Cl3N2/c1-8(9-2-3-9)7-19-13-5-11(17)10(16)4-12(13)18-14(19)6-15/h4-5,8-9H,2-3,6-7H2,1H3. The molecule has 1 unspecified atom stereocenters. The first-order valence-electron chi connectivity index (χ1n) is 6.50. The molecule has 1 aromatic carbocycles. The van der Waals surface area contributed by atoms with Crippen LogP contribution in [0.15, 0.2) is 12.1 Å². The summed E-state index contributed by atoms with van der Waals surface area (Å²) in [5.74, 6) is 2.79. The van der Waals surface area contributed by atoms with Gasteiger partial charge in [0.05, 0.1) is 27.0 Å². The Morgan fingerprint density at radius 1 is 1.32 bits per heavy atom. The van der Waals surface area contributed by atoms with Gasteiger partial charge in [0.2, 0.25) is 0 Å². The Bertz CT molecular complexity index is 617. The quantitative estimate of drug-likeness (QED) is 0.715. The molecule has 1 atom stereocenters. The van der Waals surface area contributed by atoms with Gasteiger partial charge < -0.3 is 4.57 Å². The topological polar surface area (TPSA) is 17.8 Å². The molecule has 102 valence electrons. The summed E-state index contributed by atoms with van der Waals surface area (Å²) >= 11 is 18.2. The van der Waals surface area contributed by atoms with Crippen LogP contribution in [0.3, 0.4) is 0 Å². The largest absolute Gasteiger partial charge is 0.327 e. The normalized spacial score (nSPS) is 17.1. The molecule has 2 aromatic rings. The first kappa shape index (κ1) is 13.5. The SMILES string of the molecule is CC(Cn1c(CCl)nc2cc(Cl)c(Cl)cc21)C1CC1. The Balaban J connectivity index is 2.06. The number of alkyl halides is 1. The van der Waals surface area contributed by atoms with Gasteiger partial charge in [0, 0.05) is 6.54 Å². The molecule has 3 rings (SSSR count). The highest BCUT2D eigenvalue weighted by Crippen LogP contribution is 2.38. The molecule has 1 aliphatic rings. The van der Waals surface area contributed by atoms with Crippen LogP contribution in [0.5, 0.6) is 0 Å². The van der Waals surface area contributed by atoms with Crippen LogP contribution in [0.1, 0.15) is 25.6 Å². The minimum Gasteiger partial charge on any atom is -0.327 e. The average molecular weight is 318 g/mol. The van der Waals surface area contributed by atoms with E-state index in [-0.39, 0.29) is 0 Å².